The number of carbonyl (C=O) groups is 1. The van der Waals surface area contributed by atoms with E-state index in [1.807, 2.05) is 9.58 Å². The van der Waals surface area contributed by atoms with Crippen LogP contribution in [0.5, 0.6) is 0 Å². The Kier molecular flexibility index (Phi) is 4.60. The van der Waals surface area contributed by atoms with Crippen molar-refractivity contribution in [1.29, 1.82) is 0 Å². The van der Waals surface area contributed by atoms with Gasteiger partial charge in [0.2, 0.25) is 0 Å². The Balaban J connectivity index is 1.40. The highest BCUT2D eigenvalue weighted by molar-refractivity contribution is 7.10. The second kappa shape index (κ2) is 7.25. The van der Waals surface area contributed by atoms with Crippen molar-refractivity contribution < 1.29 is 4.79 Å². The van der Waals surface area contributed by atoms with Gasteiger partial charge in [0, 0.05) is 48.2 Å². The fourth-order valence-corrected chi connectivity index (χ4v) is 5.61. The maximum atomic E-state index is 13.2. The molecular formula is C20H24N6OS. The standard InChI is InChI=1S/C20H24N6OS/c21-6-10-26-19-18(22-7-8-23-19)17(24-26)13-5-9-25(11-13)20(27)15-12-28-16-4-2-1-3-14(15)16/h7-8,12-13H,1-6,9-11,21H2/t13-/m0/s1. The van der Waals surface area contributed by atoms with Crippen molar-refractivity contribution in [2.45, 2.75) is 44.6 Å². The average molecular weight is 397 g/mol. The number of nitrogens with two attached hydrogens (primary N) is 1. The highest BCUT2D eigenvalue weighted by Crippen LogP contribution is 2.34. The molecule has 0 radical (unpaired) electrons. The Labute approximate surface area is 167 Å². The predicted molar refractivity (Wildman–Crippen MR) is 109 cm³/mol. The van der Waals surface area contributed by atoms with Crippen LogP contribution in [0.4, 0.5) is 0 Å². The maximum Gasteiger partial charge on any atom is 0.255 e. The third-order valence-electron chi connectivity index (χ3n) is 5.89. The summed E-state index contributed by atoms with van der Waals surface area (Å²) in [6.07, 6.45) is 8.90. The fraction of sp³-hybridized carbons (Fsp3) is 0.500. The molecule has 2 aliphatic rings. The van der Waals surface area contributed by atoms with E-state index in [0.29, 0.717) is 19.6 Å². The molecule has 0 saturated carbocycles. The summed E-state index contributed by atoms with van der Waals surface area (Å²) < 4.78 is 1.84. The molecule has 0 aromatic carbocycles. The summed E-state index contributed by atoms with van der Waals surface area (Å²) in [5, 5.41) is 6.84. The molecule has 1 fully saturated rings. The number of aryl methyl sites for hydroxylation is 1. The highest BCUT2D eigenvalue weighted by Gasteiger charge is 2.33. The first-order valence-electron chi connectivity index (χ1n) is 10.0. The number of nitrogens with zero attached hydrogens (tertiary/aromatic N) is 5. The summed E-state index contributed by atoms with van der Waals surface area (Å²) >= 11 is 1.75. The van der Waals surface area contributed by atoms with Gasteiger partial charge in [0.1, 0.15) is 5.52 Å². The largest absolute Gasteiger partial charge is 0.338 e. The second-order valence-corrected chi connectivity index (χ2v) is 8.58. The summed E-state index contributed by atoms with van der Waals surface area (Å²) in [6, 6.07) is 0. The van der Waals surface area contributed by atoms with E-state index in [0.717, 1.165) is 48.2 Å². The highest BCUT2D eigenvalue weighted by atomic mass is 32.1. The number of fused-ring (bicyclic) bond motifs is 2. The number of thiophene rings is 1. The van der Waals surface area contributed by atoms with Crippen LogP contribution in [0, 0.1) is 0 Å². The van der Waals surface area contributed by atoms with E-state index >= 15 is 0 Å². The molecule has 1 amide bonds. The number of rotatable bonds is 4. The van der Waals surface area contributed by atoms with Crippen molar-refractivity contribution in [2.24, 2.45) is 5.73 Å². The van der Waals surface area contributed by atoms with E-state index in [9.17, 15) is 4.79 Å². The number of amides is 1. The summed E-state index contributed by atoms with van der Waals surface area (Å²) in [4.78, 5) is 25.5. The van der Waals surface area contributed by atoms with Crippen LogP contribution in [-0.2, 0) is 19.4 Å². The predicted octanol–water partition coefficient (Wildman–Crippen LogP) is 2.36. The van der Waals surface area contributed by atoms with Crippen LogP contribution in [-0.4, -0.2) is 50.2 Å². The van der Waals surface area contributed by atoms with Crippen LogP contribution < -0.4 is 5.73 Å². The lowest BCUT2D eigenvalue weighted by Gasteiger charge is -2.18. The molecule has 5 rings (SSSR count). The molecule has 28 heavy (non-hydrogen) atoms. The molecule has 2 N–H and O–H groups in total. The number of carbonyl (C=O) groups excluding carboxylic acids is 1. The summed E-state index contributed by atoms with van der Waals surface area (Å²) in [6.45, 7) is 2.57. The molecule has 146 valence electrons. The number of likely N-dealkylation sites (tertiary alicyclic amines) is 1. The van der Waals surface area contributed by atoms with Gasteiger partial charge in [0.15, 0.2) is 5.65 Å². The van der Waals surface area contributed by atoms with Crippen molar-refractivity contribution in [3.8, 4) is 0 Å². The lowest BCUT2D eigenvalue weighted by molar-refractivity contribution is 0.0790. The number of hydrogen-bond acceptors (Lipinski definition) is 6. The van der Waals surface area contributed by atoms with Gasteiger partial charge in [-0.1, -0.05) is 0 Å². The van der Waals surface area contributed by atoms with Crippen molar-refractivity contribution >= 4 is 28.4 Å². The van der Waals surface area contributed by atoms with Crippen LogP contribution in [0.2, 0.25) is 0 Å². The molecule has 1 aliphatic carbocycles. The summed E-state index contributed by atoms with van der Waals surface area (Å²) in [5.41, 5.74) is 10.5. The van der Waals surface area contributed by atoms with E-state index in [1.54, 1.807) is 23.7 Å². The molecule has 3 aromatic rings. The molecule has 7 nitrogen and oxygen atoms in total. The molecule has 1 saturated heterocycles. The Hall–Kier alpha value is -2.32. The Morgan fingerprint density at radius 2 is 2.11 bits per heavy atom. The second-order valence-electron chi connectivity index (χ2n) is 7.62. The molecule has 3 aromatic heterocycles. The molecule has 4 heterocycles. The van der Waals surface area contributed by atoms with Gasteiger partial charge in [0.25, 0.3) is 5.91 Å². The quantitative estimate of drug-likeness (QED) is 0.731. The fourth-order valence-electron chi connectivity index (χ4n) is 4.49. The summed E-state index contributed by atoms with van der Waals surface area (Å²) in [7, 11) is 0. The van der Waals surface area contributed by atoms with Gasteiger partial charge in [0.05, 0.1) is 17.8 Å². The number of hydrogen-bond donors (Lipinski definition) is 1. The van der Waals surface area contributed by atoms with Crippen LogP contribution in [0.1, 0.15) is 51.7 Å². The minimum absolute atomic E-state index is 0.179. The van der Waals surface area contributed by atoms with Crippen molar-refractivity contribution in [2.75, 3.05) is 19.6 Å². The number of aromatic nitrogens is 4. The molecule has 0 bridgehead atoms. The van der Waals surface area contributed by atoms with Gasteiger partial charge < -0.3 is 10.6 Å². The van der Waals surface area contributed by atoms with Crippen LogP contribution >= 0.6 is 11.3 Å². The first-order chi connectivity index (χ1) is 13.8. The molecule has 8 heteroatoms. The minimum Gasteiger partial charge on any atom is -0.338 e. The lowest BCUT2D eigenvalue weighted by Crippen LogP contribution is -2.29. The monoisotopic (exact) mass is 396 g/mol. The Morgan fingerprint density at radius 1 is 1.25 bits per heavy atom. The van der Waals surface area contributed by atoms with E-state index in [-0.39, 0.29) is 11.8 Å². The molecular weight excluding hydrogens is 372 g/mol. The molecule has 1 aliphatic heterocycles. The van der Waals surface area contributed by atoms with Gasteiger partial charge >= 0.3 is 0 Å². The SMILES string of the molecule is NCCn1nc([C@H]2CCN(C(=O)c3csc4c3CCCC4)C2)c2nccnc21. The van der Waals surface area contributed by atoms with E-state index < -0.39 is 0 Å². The maximum absolute atomic E-state index is 13.2. The van der Waals surface area contributed by atoms with Crippen LogP contribution in [0.25, 0.3) is 11.2 Å². The first-order valence-corrected chi connectivity index (χ1v) is 10.9. The smallest absolute Gasteiger partial charge is 0.255 e. The van der Waals surface area contributed by atoms with Gasteiger partial charge in [-0.15, -0.1) is 11.3 Å². The zero-order valence-electron chi connectivity index (χ0n) is 15.8. The normalized spacial score (nSPS) is 19.3. The van der Waals surface area contributed by atoms with Crippen molar-refractivity contribution in [1.82, 2.24) is 24.6 Å². The van der Waals surface area contributed by atoms with Gasteiger partial charge in [-0.25, -0.2) is 14.6 Å². The molecule has 0 unspecified atom stereocenters. The Morgan fingerprint density at radius 3 is 3.00 bits per heavy atom. The first kappa shape index (κ1) is 17.8. The zero-order chi connectivity index (χ0) is 19.1. The average Bonchev–Trinajstić information content (AvgIpc) is 3.45. The zero-order valence-corrected chi connectivity index (χ0v) is 16.6. The lowest BCUT2D eigenvalue weighted by atomic mass is 9.95. The van der Waals surface area contributed by atoms with Crippen molar-refractivity contribution in [3.05, 3.63) is 39.5 Å². The van der Waals surface area contributed by atoms with Crippen LogP contribution in [0.3, 0.4) is 0 Å². The van der Waals surface area contributed by atoms with E-state index in [4.69, 9.17) is 10.8 Å². The molecule has 1 atom stereocenters. The summed E-state index contributed by atoms with van der Waals surface area (Å²) in [5.74, 6) is 0.371. The third-order valence-corrected chi connectivity index (χ3v) is 6.98. The third kappa shape index (κ3) is 2.91. The Bertz CT molecular complexity index is 1030. The van der Waals surface area contributed by atoms with Gasteiger partial charge in [-0.2, -0.15) is 5.10 Å². The van der Waals surface area contributed by atoms with Crippen LogP contribution in [0.15, 0.2) is 17.8 Å². The van der Waals surface area contributed by atoms with E-state index in [1.165, 1.54) is 23.3 Å². The minimum atomic E-state index is 0.179. The van der Waals surface area contributed by atoms with Gasteiger partial charge in [-0.05, 0) is 37.7 Å². The molecule has 0 spiro atoms. The topological polar surface area (TPSA) is 89.9 Å². The van der Waals surface area contributed by atoms with Gasteiger partial charge in [-0.3, -0.25) is 4.79 Å². The van der Waals surface area contributed by atoms with E-state index in [2.05, 4.69) is 15.3 Å². The van der Waals surface area contributed by atoms with Crippen molar-refractivity contribution in [3.63, 3.8) is 0 Å².